The molecule has 1 aromatic heterocycles. The molecule has 0 bridgehead atoms. The number of fused-ring (bicyclic) bond motifs is 1. The molecule has 0 unspecified atom stereocenters. The Balaban J connectivity index is 0.00000163. The summed E-state index contributed by atoms with van der Waals surface area (Å²) in [4.78, 5) is 4.77. The van der Waals surface area contributed by atoms with Crippen LogP contribution in [-0.4, -0.2) is 83.4 Å². The van der Waals surface area contributed by atoms with Crippen LogP contribution in [-0.2, 0) is 32.1 Å². The molecule has 0 saturated heterocycles. The Morgan fingerprint density at radius 1 is 0.935 bits per heavy atom. The third-order valence-electron chi connectivity index (χ3n) is 6.89. The largest absolute Gasteiger partial charge is 1.00 e. The smallest absolute Gasteiger partial charge is 0.496 e. The fourth-order valence-corrected chi connectivity index (χ4v) is 4.56. The maximum Gasteiger partial charge on any atom is 1.00 e. The number of nitrogens with two attached hydrogens (primary N) is 1. The quantitative estimate of drug-likeness (QED) is 0.0942. The topological polar surface area (TPSA) is 114 Å². The van der Waals surface area contributed by atoms with E-state index in [1.807, 2.05) is 6.07 Å². The van der Waals surface area contributed by atoms with Gasteiger partial charge in [0, 0.05) is 24.7 Å². The standard InChI is InChI=1S/C31H47N4O5.C4H9N.Li/c1-4-6-7-14-33-31-30-26(9-8-10-29(32)34-31)13-15-35(30)23-27-12-11-25(22-28(27)36-3)24-40-21-20-39-19-18-38-17-16-37-5-2;1-3-5-4-2;/h9,11-13,15,22,33H,2,4-8,10,14,16-21,23-24H2,1,3H3,(H2,32,34);5H,1-4H2;/q-1;-2;+1/b26-9-,31-30+;;. The zero-order chi connectivity index (χ0) is 32.5. The van der Waals surface area contributed by atoms with Gasteiger partial charge in [-0.25, -0.2) is 4.99 Å². The molecule has 0 fully saturated rings. The summed E-state index contributed by atoms with van der Waals surface area (Å²) in [6.45, 7) is 20.1. The molecule has 0 spiro atoms. The molecular formula is C35H56LiN5O5-2. The van der Waals surface area contributed by atoms with E-state index in [1.54, 1.807) is 7.11 Å². The molecule has 1 aliphatic heterocycles. The van der Waals surface area contributed by atoms with Gasteiger partial charge in [-0.15, -0.1) is 13.1 Å². The van der Waals surface area contributed by atoms with E-state index in [4.69, 9.17) is 34.4 Å². The van der Waals surface area contributed by atoms with Gasteiger partial charge in [0.15, 0.2) is 5.82 Å². The minimum atomic E-state index is 0. The van der Waals surface area contributed by atoms with Gasteiger partial charge in [-0.2, -0.15) is 0 Å². The van der Waals surface area contributed by atoms with Crippen molar-refractivity contribution < 1.29 is 42.5 Å². The van der Waals surface area contributed by atoms with E-state index >= 15 is 0 Å². The minimum absolute atomic E-state index is 0. The summed E-state index contributed by atoms with van der Waals surface area (Å²) >= 11 is 0. The van der Waals surface area contributed by atoms with Crippen LogP contribution in [0.5, 0.6) is 5.75 Å². The number of rotatable bonds is 22. The first kappa shape index (κ1) is 41.7. The van der Waals surface area contributed by atoms with Gasteiger partial charge < -0.3 is 65.4 Å². The third kappa shape index (κ3) is 16.5. The molecule has 10 nitrogen and oxygen atoms in total. The number of ether oxygens (including phenoxy) is 5. The third-order valence-corrected chi connectivity index (χ3v) is 6.89. The maximum absolute atomic E-state index is 6.23. The number of aromatic nitrogens is 1. The number of nitrogens with one attached hydrogen (secondary N) is 2. The molecule has 0 atom stereocenters. The first-order valence-corrected chi connectivity index (χ1v) is 16.1. The van der Waals surface area contributed by atoms with Crippen LogP contribution < -0.4 is 50.5 Å². The van der Waals surface area contributed by atoms with E-state index in [-0.39, 0.29) is 18.9 Å². The Morgan fingerprint density at radius 2 is 1.63 bits per heavy atom. The van der Waals surface area contributed by atoms with Crippen molar-refractivity contribution in [3.05, 3.63) is 72.9 Å². The molecule has 0 radical (unpaired) electrons. The van der Waals surface area contributed by atoms with E-state index in [1.165, 1.54) is 18.1 Å². The number of benzene rings is 1. The van der Waals surface area contributed by atoms with Crippen molar-refractivity contribution in [2.24, 2.45) is 10.7 Å². The van der Waals surface area contributed by atoms with Crippen LogP contribution in [0.4, 0.5) is 0 Å². The van der Waals surface area contributed by atoms with Crippen molar-refractivity contribution >= 4 is 17.7 Å². The Kier molecular flexibility index (Phi) is 24.3. The van der Waals surface area contributed by atoms with Gasteiger partial charge in [0.25, 0.3) is 0 Å². The zero-order valence-corrected chi connectivity index (χ0v) is 28.6. The molecule has 0 saturated carbocycles. The number of hydrogen-bond acceptors (Lipinski definition) is 9. The van der Waals surface area contributed by atoms with Crippen molar-refractivity contribution in [1.82, 2.24) is 15.2 Å². The van der Waals surface area contributed by atoms with Crippen LogP contribution in [0.25, 0.3) is 11.9 Å². The summed E-state index contributed by atoms with van der Waals surface area (Å²) in [5.41, 5.74) is 8.36. The molecule has 11 heteroatoms. The predicted octanol–water partition coefficient (Wildman–Crippen LogP) is -0.0293. The SMILES string of the molecule is [CH2-]CNC[CH2-].[CH2-]COCCOCCOCCOCc1ccc(Cn2ccc3/c2=C(NCCCCC)\N=C(\N)CC\C=3)c(OC)c1.[Li+]. The molecule has 2 heterocycles. The van der Waals surface area contributed by atoms with Gasteiger partial charge in [-0.3, -0.25) is 0 Å². The van der Waals surface area contributed by atoms with Crippen LogP contribution in [0.15, 0.2) is 35.5 Å². The van der Waals surface area contributed by atoms with Crippen LogP contribution >= 0.6 is 0 Å². The second kappa shape index (κ2) is 26.7. The second-order valence-corrected chi connectivity index (χ2v) is 10.4. The number of unbranched alkanes of at least 4 members (excludes halogenated alkanes) is 2. The van der Waals surface area contributed by atoms with Gasteiger partial charge in [0.2, 0.25) is 0 Å². The molecule has 1 aliphatic rings. The molecular weight excluding hydrogens is 577 g/mol. The van der Waals surface area contributed by atoms with Crippen molar-refractivity contribution in [3.63, 3.8) is 0 Å². The summed E-state index contributed by atoms with van der Waals surface area (Å²) in [6, 6.07) is 8.39. The van der Waals surface area contributed by atoms with Gasteiger partial charge in [0.1, 0.15) is 11.6 Å². The Labute approximate surface area is 289 Å². The van der Waals surface area contributed by atoms with Crippen LogP contribution in [0.2, 0.25) is 0 Å². The molecule has 4 N–H and O–H groups in total. The van der Waals surface area contributed by atoms with E-state index in [2.05, 4.69) is 73.4 Å². The normalized spacial score (nSPS) is 15.5. The molecule has 0 amide bonds. The van der Waals surface area contributed by atoms with E-state index < -0.39 is 0 Å². The Morgan fingerprint density at radius 3 is 2.26 bits per heavy atom. The number of methoxy groups -OCH3 is 1. The van der Waals surface area contributed by atoms with E-state index in [0.29, 0.717) is 65.2 Å². The predicted molar refractivity (Wildman–Crippen MR) is 183 cm³/mol. The number of aliphatic imine (C=N–C) groups is 1. The summed E-state index contributed by atoms with van der Waals surface area (Å²) in [5.74, 6) is 2.32. The molecule has 46 heavy (non-hydrogen) atoms. The molecule has 3 rings (SSSR count). The summed E-state index contributed by atoms with van der Waals surface area (Å²) in [5, 5.41) is 8.68. The maximum atomic E-state index is 6.23. The Hall–Kier alpha value is -2.29. The van der Waals surface area contributed by atoms with Gasteiger partial charge in [-0.1, -0.05) is 44.6 Å². The molecule has 254 valence electrons. The van der Waals surface area contributed by atoms with Gasteiger partial charge >= 0.3 is 18.9 Å². The summed E-state index contributed by atoms with van der Waals surface area (Å²) < 4.78 is 29.9. The number of hydrogen-bond donors (Lipinski definition) is 3. The number of amidine groups is 1. The number of nitrogens with zero attached hydrogens (tertiary/aromatic N) is 2. The van der Waals surface area contributed by atoms with Crippen molar-refractivity contribution in [1.29, 1.82) is 0 Å². The summed E-state index contributed by atoms with van der Waals surface area (Å²) in [7, 11) is 1.70. The van der Waals surface area contributed by atoms with Crippen molar-refractivity contribution in [2.75, 3.05) is 73.0 Å². The minimum Gasteiger partial charge on any atom is -0.496 e. The molecule has 1 aromatic carbocycles. The van der Waals surface area contributed by atoms with E-state index in [9.17, 15) is 0 Å². The molecule has 2 aromatic rings. The summed E-state index contributed by atoms with van der Waals surface area (Å²) in [6.07, 6.45) is 9.45. The average Bonchev–Trinajstić information content (AvgIpc) is 3.43. The van der Waals surface area contributed by atoms with E-state index in [0.717, 1.165) is 66.9 Å². The average molecular weight is 634 g/mol. The monoisotopic (exact) mass is 633 g/mol. The zero-order valence-electron chi connectivity index (χ0n) is 28.6. The van der Waals surface area contributed by atoms with Gasteiger partial charge in [-0.05, 0) is 35.8 Å². The van der Waals surface area contributed by atoms with Crippen LogP contribution in [0.1, 0.15) is 50.2 Å². The fourth-order valence-electron chi connectivity index (χ4n) is 4.56. The molecule has 0 aliphatic carbocycles. The Bertz CT molecular complexity index is 1220. The van der Waals surface area contributed by atoms with Gasteiger partial charge in [0.05, 0.1) is 65.3 Å². The second-order valence-electron chi connectivity index (χ2n) is 10.4. The van der Waals surface area contributed by atoms with Crippen LogP contribution in [0, 0.1) is 20.8 Å². The first-order valence-electron chi connectivity index (χ1n) is 16.1. The fraction of sp³-hybridized carbons (Fsp3) is 0.543. The first-order chi connectivity index (χ1) is 22.1. The van der Waals surface area contributed by atoms with Crippen molar-refractivity contribution in [2.45, 2.75) is 52.2 Å². The van der Waals surface area contributed by atoms with Crippen LogP contribution in [0.3, 0.4) is 0 Å². The van der Waals surface area contributed by atoms with Crippen molar-refractivity contribution in [3.8, 4) is 5.75 Å².